The molecule has 0 spiro atoms. The number of likely N-dealkylation sites (tertiary alicyclic amines) is 1. The number of amides is 1. The highest BCUT2D eigenvalue weighted by atomic mass is 16.7. The van der Waals surface area contributed by atoms with Crippen LogP contribution in [0.3, 0.4) is 0 Å². The minimum absolute atomic E-state index is 0.0179. The van der Waals surface area contributed by atoms with E-state index >= 15 is 0 Å². The van der Waals surface area contributed by atoms with E-state index in [0.29, 0.717) is 57.9 Å². The Hall–Kier alpha value is -3.68. The van der Waals surface area contributed by atoms with Crippen molar-refractivity contribution < 1.29 is 19.0 Å². The number of anilines is 2. The zero-order valence-electron chi connectivity index (χ0n) is 24.9. The molecule has 3 aromatic rings. The number of nitrogen functional groups attached to an aromatic ring is 1. The number of nitrogens with one attached hydrogen (secondary N) is 1. The lowest BCUT2D eigenvalue weighted by molar-refractivity contribution is 0.0635. The number of hydrogen-bond acceptors (Lipinski definition) is 11. The number of nitrogens with zero attached hydrogens (tertiary/aromatic N) is 7. The average molecular weight is 580 g/mol. The number of ether oxygens (including phenoxy) is 3. The first kappa shape index (κ1) is 28.4. The van der Waals surface area contributed by atoms with Gasteiger partial charge in [-0.15, -0.1) is 0 Å². The van der Waals surface area contributed by atoms with E-state index < -0.39 is 11.7 Å². The van der Waals surface area contributed by atoms with Crippen LogP contribution in [-0.2, 0) is 11.3 Å². The predicted octanol–water partition coefficient (Wildman–Crippen LogP) is 2.86. The molecule has 2 fully saturated rings. The van der Waals surface area contributed by atoms with E-state index in [1.165, 1.54) is 32.3 Å². The molecule has 3 N–H and O–H groups in total. The highest BCUT2D eigenvalue weighted by molar-refractivity contribution is 6.01. The first-order valence-electron chi connectivity index (χ1n) is 14.7. The van der Waals surface area contributed by atoms with Gasteiger partial charge in [0, 0.05) is 44.3 Å². The van der Waals surface area contributed by atoms with Gasteiger partial charge in [0.2, 0.25) is 6.79 Å². The molecule has 13 heteroatoms. The number of piperazine rings is 1. The highest BCUT2D eigenvalue weighted by Crippen LogP contribution is 2.47. The topological polar surface area (TPSA) is 136 Å². The molecule has 0 saturated carbocycles. The van der Waals surface area contributed by atoms with Crippen molar-refractivity contribution in [3.63, 3.8) is 0 Å². The molecule has 42 heavy (non-hydrogen) atoms. The second kappa shape index (κ2) is 11.5. The summed E-state index contributed by atoms with van der Waals surface area (Å²) in [5.41, 5.74) is 8.17. The number of carbonyl (C=O) groups is 1. The Balaban J connectivity index is 1.19. The summed E-state index contributed by atoms with van der Waals surface area (Å²) in [5, 5.41) is 8.39. The van der Waals surface area contributed by atoms with Crippen LogP contribution in [0.1, 0.15) is 33.6 Å². The van der Waals surface area contributed by atoms with E-state index in [2.05, 4.69) is 37.0 Å². The van der Waals surface area contributed by atoms with Crippen molar-refractivity contribution >= 4 is 28.6 Å². The zero-order chi connectivity index (χ0) is 29.4. The van der Waals surface area contributed by atoms with E-state index in [4.69, 9.17) is 25.0 Å². The van der Waals surface area contributed by atoms with Gasteiger partial charge in [-0.25, -0.2) is 19.4 Å². The van der Waals surface area contributed by atoms with Gasteiger partial charge < -0.3 is 29.7 Å². The molecule has 5 heterocycles. The van der Waals surface area contributed by atoms with Gasteiger partial charge >= 0.3 is 6.09 Å². The van der Waals surface area contributed by atoms with E-state index in [-0.39, 0.29) is 6.79 Å². The Bertz CT molecular complexity index is 1440. The third kappa shape index (κ3) is 5.94. The number of fused-ring (bicyclic) bond motifs is 2. The van der Waals surface area contributed by atoms with Crippen LogP contribution in [0.15, 0.2) is 18.5 Å². The van der Waals surface area contributed by atoms with Gasteiger partial charge in [-0.1, -0.05) is 0 Å². The first-order valence-corrected chi connectivity index (χ1v) is 14.7. The van der Waals surface area contributed by atoms with E-state index in [1.54, 1.807) is 6.07 Å². The number of aromatic nitrogens is 4. The van der Waals surface area contributed by atoms with Crippen LogP contribution in [-0.4, -0.2) is 112 Å². The monoisotopic (exact) mass is 579 g/mol. The van der Waals surface area contributed by atoms with E-state index in [9.17, 15) is 4.79 Å². The minimum atomic E-state index is -0.631. The number of piperidine rings is 1. The zero-order valence-corrected chi connectivity index (χ0v) is 24.9. The van der Waals surface area contributed by atoms with Crippen LogP contribution in [0.2, 0.25) is 0 Å². The Morgan fingerprint density at radius 2 is 1.79 bits per heavy atom. The predicted molar refractivity (Wildman–Crippen MR) is 160 cm³/mol. The SMILES string of the molecule is CN1CCN(C2CCN(CCn3nc(-c4ccc(NC(=O)OC(C)(C)C)c5c4OCO5)c4c(N)ncnc43)CC2)CC1. The number of nitrogens with two attached hydrogens (primary N) is 1. The van der Waals surface area contributed by atoms with Crippen molar-refractivity contribution in [1.29, 1.82) is 0 Å². The summed E-state index contributed by atoms with van der Waals surface area (Å²) in [4.78, 5) is 28.8. The van der Waals surface area contributed by atoms with Crippen LogP contribution in [0.5, 0.6) is 11.5 Å². The number of carbonyl (C=O) groups excluding carboxylic acids is 1. The summed E-state index contributed by atoms with van der Waals surface area (Å²) in [7, 11) is 2.20. The fourth-order valence-corrected chi connectivity index (χ4v) is 6.00. The van der Waals surface area contributed by atoms with Crippen LogP contribution in [0, 0.1) is 0 Å². The molecule has 0 atom stereocenters. The molecule has 13 nitrogen and oxygen atoms in total. The Kier molecular flexibility index (Phi) is 7.81. The van der Waals surface area contributed by atoms with Gasteiger partial charge in [0.15, 0.2) is 17.1 Å². The molecule has 6 rings (SSSR count). The maximum atomic E-state index is 12.4. The lowest BCUT2D eigenvalue weighted by atomic mass is 10.0. The largest absolute Gasteiger partial charge is 0.453 e. The van der Waals surface area contributed by atoms with Gasteiger partial charge in [0.1, 0.15) is 23.4 Å². The highest BCUT2D eigenvalue weighted by Gasteiger charge is 2.30. The molecule has 0 radical (unpaired) electrons. The molecule has 3 aliphatic rings. The third-order valence-corrected chi connectivity index (χ3v) is 8.21. The van der Waals surface area contributed by atoms with Crippen LogP contribution in [0.25, 0.3) is 22.3 Å². The Morgan fingerprint density at radius 1 is 1.05 bits per heavy atom. The van der Waals surface area contributed by atoms with Gasteiger partial charge in [-0.2, -0.15) is 5.10 Å². The smallest absolute Gasteiger partial charge is 0.412 e. The summed E-state index contributed by atoms with van der Waals surface area (Å²) in [6.07, 6.45) is 3.28. The normalized spacial score (nSPS) is 19.0. The quantitative estimate of drug-likeness (QED) is 0.446. The van der Waals surface area contributed by atoms with Crippen molar-refractivity contribution in [3.05, 3.63) is 18.5 Å². The standard InChI is InChI=1S/C29H41N9O4/c1-29(2,3)42-28(39)33-21-6-5-20(24-25(21)41-18-40-24)23-22-26(30)31-17-32-27(22)38(34-23)16-13-36-9-7-19(8-10-36)37-14-11-35(4)12-15-37/h5-6,17,19H,7-16,18H2,1-4H3,(H,33,39)(H2,30,31,32). The van der Waals surface area contributed by atoms with Crippen molar-refractivity contribution in [1.82, 2.24) is 34.4 Å². The molecular formula is C29H41N9O4. The number of hydrogen-bond donors (Lipinski definition) is 2. The summed E-state index contributed by atoms with van der Waals surface area (Å²) in [6.45, 7) is 13.8. The summed E-state index contributed by atoms with van der Waals surface area (Å²) in [6, 6.07) is 4.26. The number of benzene rings is 1. The van der Waals surface area contributed by atoms with Gasteiger partial charge in [-0.3, -0.25) is 10.2 Å². The van der Waals surface area contributed by atoms with Crippen LogP contribution < -0.4 is 20.5 Å². The second-order valence-corrected chi connectivity index (χ2v) is 12.3. The fourth-order valence-electron chi connectivity index (χ4n) is 6.00. The summed E-state index contributed by atoms with van der Waals surface area (Å²) >= 11 is 0. The molecule has 3 aliphatic heterocycles. The fraction of sp³-hybridized carbons (Fsp3) is 0.586. The van der Waals surface area contributed by atoms with E-state index in [0.717, 1.165) is 32.7 Å². The van der Waals surface area contributed by atoms with Crippen molar-refractivity contribution in [3.8, 4) is 22.8 Å². The maximum absolute atomic E-state index is 12.4. The number of rotatable bonds is 6. The Morgan fingerprint density at radius 3 is 2.52 bits per heavy atom. The minimum Gasteiger partial charge on any atom is -0.453 e. The molecule has 1 amide bonds. The molecule has 0 bridgehead atoms. The second-order valence-electron chi connectivity index (χ2n) is 12.3. The van der Waals surface area contributed by atoms with E-state index in [1.807, 2.05) is 31.5 Å². The molecule has 0 unspecified atom stereocenters. The summed E-state index contributed by atoms with van der Waals surface area (Å²) < 4.78 is 18.9. The maximum Gasteiger partial charge on any atom is 0.412 e. The molecule has 2 aromatic heterocycles. The first-order chi connectivity index (χ1) is 20.2. The lowest BCUT2D eigenvalue weighted by Gasteiger charge is -2.42. The van der Waals surface area contributed by atoms with Crippen molar-refractivity contribution in [2.75, 3.05) is 70.7 Å². The average Bonchev–Trinajstić information content (AvgIpc) is 3.59. The van der Waals surface area contributed by atoms with Gasteiger partial charge in [0.05, 0.1) is 17.6 Å². The molecule has 226 valence electrons. The van der Waals surface area contributed by atoms with Crippen LogP contribution in [0.4, 0.5) is 16.3 Å². The van der Waals surface area contributed by atoms with Gasteiger partial charge in [0.25, 0.3) is 0 Å². The lowest BCUT2D eigenvalue weighted by Crippen LogP contribution is -2.52. The van der Waals surface area contributed by atoms with Crippen molar-refractivity contribution in [2.24, 2.45) is 0 Å². The summed E-state index contributed by atoms with van der Waals surface area (Å²) in [5.74, 6) is 1.24. The third-order valence-electron chi connectivity index (χ3n) is 8.21. The number of likely N-dealkylation sites (N-methyl/N-ethyl adjacent to an activating group) is 1. The molecule has 2 saturated heterocycles. The Labute approximate surface area is 245 Å². The molecule has 1 aromatic carbocycles. The van der Waals surface area contributed by atoms with Gasteiger partial charge in [-0.05, 0) is 65.9 Å². The molecular weight excluding hydrogens is 538 g/mol. The van der Waals surface area contributed by atoms with Crippen LogP contribution >= 0.6 is 0 Å². The molecule has 0 aliphatic carbocycles. The van der Waals surface area contributed by atoms with Crippen molar-refractivity contribution in [2.45, 2.75) is 51.8 Å².